The number of imidazole rings is 1. The Bertz CT molecular complexity index is 1690. The fourth-order valence-electron chi connectivity index (χ4n) is 4.47. The second-order valence-electron chi connectivity index (χ2n) is 8.60. The quantitative estimate of drug-likeness (QED) is 0.0624. The largest absolute Gasteiger partial charge is 1.00 e. The van der Waals surface area contributed by atoms with Gasteiger partial charge >= 0.3 is 29.6 Å². The van der Waals surface area contributed by atoms with Crippen molar-refractivity contribution in [1.82, 2.24) is 4.57 Å². The van der Waals surface area contributed by atoms with Crippen molar-refractivity contribution in [3.05, 3.63) is 68.2 Å². The molecule has 1 aliphatic rings. The first-order valence-corrected chi connectivity index (χ1v) is 15.5. The van der Waals surface area contributed by atoms with Crippen LogP contribution in [0.5, 0.6) is 0 Å². The molecule has 1 N–H and O–H groups in total. The molecule has 17 heteroatoms. The molecule has 1 aromatic heterocycles. The van der Waals surface area contributed by atoms with Crippen LogP contribution < -0.4 is 49.2 Å². The van der Waals surface area contributed by atoms with Crippen LogP contribution in [0.2, 0.25) is 20.1 Å². The van der Waals surface area contributed by atoms with Gasteiger partial charge in [-0.1, -0.05) is 71.4 Å². The van der Waals surface area contributed by atoms with E-state index in [0.717, 1.165) is 24.0 Å². The van der Waals surface area contributed by atoms with Crippen LogP contribution in [0.1, 0.15) is 32.5 Å². The smallest absolute Gasteiger partial charge is 0.691 e. The van der Waals surface area contributed by atoms with Gasteiger partial charge in [0, 0.05) is 41.3 Å². The molecule has 0 bridgehead atoms. The van der Waals surface area contributed by atoms with Crippen LogP contribution in [-0.2, 0) is 25.3 Å². The first-order valence-electron chi connectivity index (χ1n) is 12.5. The summed E-state index contributed by atoms with van der Waals surface area (Å²) in [5, 5.41) is 32.7. The summed E-state index contributed by atoms with van der Waals surface area (Å²) in [6, 6.07) is 13.0. The van der Waals surface area contributed by atoms with E-state index in [1.54, 1.807) is 33.7 Å². The first-order chi connectivity index (χ1) is 20.9. The first kappa shape index (κ1) is 37.2. The number of anilines is 2. The summed E-state index contributed by atoms with van der Waals surface area (Å²) in [6.07, 6.45) is 7.27. The minimum absolute atomic E-state index is 0. The van der Waals surface area contributed by atoms with E-state index in [0.29, 0.717) is 80.1 Å². The predicted molar refractivity (Wildman–Crippen MR) is 169 cm³/mol. The van der Waals surface area contributed by atoms with Crippen molar-refractivity contribution in [3.8, 4) is 22.6 Å². The fourth-order valence-corrected chi connectivity index (χ4v) is 5.49. The fraction of sp³-hybridized carbons (Fsp3) is 0.222. The molecule has 0 amide bonds. The molecular weight excluding hydrogens is 705 g/mol. The van der Waals surface area contributed by atoms with Gasteiger partial charge in [-0.25, -0.2) is 9.82 Å². The van der Waals surface area contributed by atoms with E-state index in [-0.39, 0.29) is 29.6 Å². The maximum Gasteiger partial charge on any atom is 1.00 e. The topological polar surface area (TPSA) is 95.5 Å². The molecule has 3 aromatic rings. The van der Waals surface area contributed by atoms with Crippen molar-refractivity contribution < 1.29 is 63.4 Å². The van der Waals surface area contributed by atoms with Crippen LogP contribution >= 0.6 is 70.5 Å². The molecule has 0 spiro atoms. The van der Waals surface area contributed by atoms with E-state index >= 15 is 0 Å². The summed E-state index contributed by atoms with van der Waals surface area (Å²) in [4.78, 5) is 3.78. The second-order valence-corrected chi connectivity index (χ2v) is 11.2. The molecule has 0 radical (unpaired) electrons. The number of hydrogen-bond donors (Lipinski definition) is 1. The number of benzene rings is 2. The van der Waals surface area contributed by atoms with E-state index in [2.05, 4.69) is 64.7 Å². The Kier molecular flexibility index (Phi) is 15.4. The minimum Gasteiger partial charge on any atom is -0.691 e. The Morgan fingerprint density at radius 1 is 0.932 bits per heavy atom. The standard InChI is InChI=1S/C27H22Cl4N4O6S2.Na/c1-3-8-32-22-14-18(28)20(30)16-24(22)34(10-12-42-40-38-36)26(32)6-5-7-27-33(9-4-2)23-15-19(29)21(31)17-25(23)35(27)11-13-43-41-39-37;/h5-7,14-17H,3-4,8-9H2,1-2H3,(H-,36,37);/q;+1. The number of allylic oxidation sites excluding steroid dienone is 2. The average Bonchev–Trinajstić information content (AvgIpc) is 3.41. The molecule has 0 aliphatic carbocycles. The van der Waals surface area contributed by atoms with Gasteiger partial charge in [0.1, 0.15) is 36.0 Å². The molecule has 0 saturated carbocycles. The summed E-state index contributed by atoms with van der Waals surface area (Å²) in [7, 11) is 0. The number of fused-ring (bicyclic) bond motifs is 2. The van der Waals surface area contributed by atoms with Crippen molar-refractivity contribution in [2.24, 2.45) is 0 Å². The van der Waals surface area contributed by atoms with Gasteiger partial charge in [-0.3, -0.25) is 9.94 Å². The maximum atomic E-state index is 10.2. The summed E-state index contributed by atoms with van der Waals surface area (Å²) in [5.74, 6) is 1.41. The zero-order valence-electron chi connectivity index (χ0n) is 23.5. The third-order valence-electron chi connectivity index (χ3n) is 6.02. The Morgan fingerprint density at radius 3 is 2.27 bits per heavy atom. The normalized spacial score (nSPS) is 13.2. The van der Waals surface area contributed by atoms with Crippen LogP contribution in [0, 0.1) is 22.6 Å². The average molecular weight is 727 g/mol. The Balaban J connectivity index is 0.00000529. The summed E-state index contributed by atoms with van der Waals surface area (Å²) < 4.78 is 12.5. The van der Waals surface area contributed by atoms with Gasteiger partial charge in [-0.2, -0.15) is 4.33 Å². The van der Waals surface area contributed by atoms with Crippen molar-refractivity contribution in [1.29, 1.82) is 0 Å². The molecule has 0 atom stereocenters. The molecule has 2 heterocycles. The van der Waals surface area contributed by atoms with Gasteiger partial charge in [-0.15, -0.1) is 8.90 Å². The summed E-state index contributed by atoms with van der Waals surface area (Å²) >= 11 is 26.6. The molecule has 0 fully saturated rings. The zero-order valence-corrected chi connectivity index (χ0v) is 30.1. The van der Waals surface area contributed by atoms with Gasteiger partial charge in [-0.05, 0) is 31.1 Å². The predicted octanol–water partition coefficient (Wildman–Crippen LogP) is 4.17. The van der Waals surface area contributed by atoms with Gasteiger partial charge < -0.3 is 10.2 Å². The van der Waals surface area contributed by atoms with E-state index < -0.39 is 0 Å². The van der Waals surface area contributed by atoms with Crippen LogP contribution in [0.3, 0.4) is 0 Å². The molecule has 226 valence electrons. The third-order valence-corrected chi connectivity index (χ3v) is 8.07. The van der Waals surface area contributed by atoms with Gasteiger partial charge in [0.2, 0.25) is 0 Å². The Labute approximate surface area is 304 Å². The molecule has 10 nitrogen and oxygen atoms in total. The zero-order chi connectivity index (χ0) is 30.9. The molecule has 4 rings (SSSR count). The van der Waals surface area contributed by atoms with Crippen LogP contribution in [0.15, 0.2) is 42.2 Å². The van der Waals surface area contributed by atoms with Crippen molar-refractivity contribution in [2.45, 2.75) is 33.2 Å². The van der Waals surface area contributed by atoms with Crippen LogP contribution in [0.4, 0.5) is 11.4 Å². The number of nitrogens with zero attached hydrogens (tertiary/aromatic N) is 4. The molecule has 0 unspecified atom stereocenters. The van der Waals surface area contributed by atoms with Crippen molar-refractivity contribution >= 4 is 99.0 Å². The minimum atomic E-state index is 0. The Morgan fingerprint density at radius 2 is 1.59 bits per heavy atom. The number of rotatable bonds is 10. The maximum absolute atomic E-state index is 10.2. The number of aryl methyl sites for hydroxylation is 1. The van der Waals surface area contributed by atoms with E-state index in [4.69, 9.17) is 51.7 Å². The molecule has 0 saturated heterocycles. The van der Waals surface area contributed by atoms with Gasteiger partial charge in [0.05, 0.1) is 38.0 Å². The van der Waals surface area contributed by atoms with Crippen LogP contribution in [-0.4, -0.2) is 16.4 Å². The summed E-state index contributed by atoms with van der Waals surface area (Å²) in [6.45, 7) is 5.42. The molecule has 44 heavy (non-hydrogen) atoms. The Hall–Kier alpha value is -1.27. The molecule has 1 aliphatic heterocycles. The van der Waals surface area contributed by atoms with E-state index in [1.807, 2.05) is 18.2 Å². The van der Waals surface area contributed by atoms with Crippen molar-refractivity contribution in [2.75, 3.05) is 16.3 Å². The van der Waals surface area contributed by atoms with Crippen LogP contribution in [0.25, 0.3) is 17.1 Å². The van der Waals surface area contributed by atoms with E-state index in [9.17, 15) is 5.26 Å². The number of aromatic nitrogens is 2. The molecular formula is C27H22Cl4N4NaO6S2+. The van der Waals surface area contributed by atoms with E-state index in [1.165, 1.54) is 0 Å². The number of halogens is 4. The third kappa shape index (κ3) is 8.55. The van der Waals surface area contributed by atoms with Gasteiger partial charge in [0.25, 0.3) is 5.82 Å². The van der Waals surface area contributed by atoms with Crippen molar-refractivity contribution in [3.63, 3.8) is 0 Å². The monoisotopic (exact) mass is 725 g/mol. The summed E-state index contributed by atoms with van der Waals surface area (Å²) in [5.41, 5.74) is 3.04. The second kappa shape index (κ2) is 18.2. The molecule has 2 aromatic carbocycles. The van der Waals surface area contributed by atoms with Gasteiger partial charge in [0.15, 0.2) is 11.0 Å². The SMILES string of the molecule is CCCN1/C(=C\C=C\c2n(CCC)c3cc(Cl)c(Cl)cc3[n+]2C#CSOOO)N(C#CSOO[O-])c2cc(Cl)c(Cl)cc21.[Na+]. The number of hydrogen-bond acceptors (Lipinski definition) is 10.